The topological polar surface area (TPSA) is 65.9 Å². The molecule has 0 radical (unpaired) electrons. The summed E-state index contributed by atoms with van der Waals surface area (Å²) >= 11 is 0. The molecule has 1 saturated heterocycles. The van der Waals surface area contributed by atoms with Gasteiger partial charge in [-0.05, 0) is 43.2 Å². The number of carbonyl (C=O) groups excluding carboxylic acids is 2. The fraction of sp³-hybridized carbons (Fsp3) is 0.364. The third-order valence-corrected chi connectivity index (χ3v) is 5.46. The van der Waals surface area contributed by atoms with Crippen molar-refractivity contribution in [2.75, 3.05) is 37.6 Å². The van der Waals surface area contributed by atoms with E-state index in [2.05, 4.69) is 40.0 Å². The van der Waals surface area contributed by atoms with E-state index in [1.165, 1.54) is 10.6 Å². The first-order valence-corrected chi connectivity index (χ1v) is 9.83. The van der Waals surface area contributed by atoms with Gasteiger partial charge in [-0.3, -0.25) is 20.4 Å². The van der Waals surface area contributed by atoms with Crippen LogP contribution in [0.4, 0.5) is 5.69 Å². The van der Waals surface area contributed by atoms with Crippen molar-refractivity contribution in [2.24, 2.45) is 0 Å². The van der Waals surface area contributed by atoms with Crippen LogP contribution in [-0.4, -0.2) is 44.5 Å². The number of nitrogens with zero attached hydrogens (tertiary/aromatic N) is 1. The molecule has 3 N–H and O–H groups in total. The summed E-state index contributed by atoms with van der Waals surface area (Å²) in [6.07, 6.45) is 0.397. The summed E-state index contributed by atoms with van der Waals surface area (Å²) in [5.41, 5.74) is 8.89. The van der Waals surface area contributed by atoms with Gasteiger partial charge in [0.1, 0.15) is 0 Å². The Morgan fingerprint density at radius 1 is 0.964 bits per heavy atom. The van der Waals surface area contributed by atoms with Crippen molar-refractivity contribution < 1.29 is 14.5 Å². The third-order valence-electron chi connectivity index (χ3n) is 5.46. The number of anilines is 1. The molecule has 6 heteroatoms. The van der Waals surface area contributed by atoms with E-state index in [4.69, 9.17) is 0 Å². The zero-order chi connectivity index (χ0) is 19.9. The van der Waals surface area contributed by atoms with Gasteiger partial charge in [0.05, 0.1) is 39.1 Å². The number of quaternary nitrogens is 1. The molecule has 2 aromatic rings. The molecule has 0 saturated carbocycles. The van der Waals surface area contributed by atoms with E-state index in [-0.39, 0.29) is 11.8 Å². The molecule has 0 aromatic heterocycles. The molecule has 2 amide bonds. The molecule has 0 unspecified atom stereocenters. The van der Waals surface area contributed by atoms with Crippen LogP contribution in [0.25, 0.3) is 0 Å². The zero-order valence-corrected chi connectivity index (χ0v) is 16.6. The van der Waals surface area contributed by atoms with Crippen molar-refractivity contribution in [3.8, 4) is 0 Å². The molecule has 1 aliphatic heterocycles. The van der Waals surface area contributed by atoms with Gasteiger partial charge in [0.25, 0.3) is 5.91 Å². The normalized spacial score (nSPS) is 14.6. The minimum absolute atomic E-state index is 0.156. The van der Waals surface area contributed by atoms with Crippen molar-refractivity contribution in [1.82, 2.24) is 10.9 Å². The van der Waals surface area contributed by atoms with Crippen LogP contribution in [0.3, 0.4) is 0 Å². The molecule has 0 spiro atoms. The highest BCUT2D eigenvalue weighted by Crippen LogP contribution is 2.13. The maximum Gasteiger partial charge on any atom is 0.269 e. The maximum absolute atomic E-state index is 12.3. The second-order valence-electron chi connectivity index (χ2n) is 7.32. The molecule has 0 bridgehead atoms. The number of rotatable bonds is 5. The number of benzene rings is 2. The van der Waals surface area contributed by atoms with E-state index >= 15 is 0 Å². The SMILES string of the molecule is Cc1cccc(C(=O)NNC(=O)CC[NH+]2CCN(c3ccccc3)CC2)c1C. The number of hydrogen-bond acceptors (Lipinski definition) is 3. The minimum atomic E-state index is -0.279. The van der Waals surface area contributed by atoms with Crippen LogP contribution in [0.5, 0.6) is 0 Å². The van der Waals surface area contributed by atoms with Gasteiger partial charge in [0.2, 0.25) is 5.91 Å². The van der Waals surface area contributed by atoms with E-state index in [0.717, 1.165) is 43.9 Å². The Kier molecular flexibility index (Phi) is 6.66. The summed E-state index contributed by atoms with van der Waals surface area (Å²) in [7, 11) is 0. The molecule has 2 aromatic carbocycles. The van der Waals surface area contributed by atoms with Crippen molar-refractivity contribution in [2.45, 2.75) is 20.3 Å². The largest absolute Gasteiger partial charge is 0.360 e. The lowest BCUT2D eigenvalue weighted by atomic mass is 10.0. The number of carbonyl (C=O) groups is 2. The number of para-hydroxylation sites is 1. The van der Waals surface area contributed by atoms with E-state index in [1.807, 2.05) is 32.0 Å². The maximum atomic E-state index is 12.3. The van der Waals surface area contributed by atoms with Crippen LogP contribution in [-0.2, 0) is 4.79 Å². The highest BCUT2D eigenvalue weighted by Gasteiger charge is 2.20. The quantitative estimate of drug-likeness (QED) is 0.673. The summed E-state index contributed by atoms with van der Waals surface area (Å²) in [6.45, 7) is 8.64. The Morgan fingerprint density at radius 3 is 2.39 bits per heavy atom. The average molecular weight is 382 g/mol. The summed E-state index contributed by atoms with van der Waals surface area (Å²) in [5.74, 6) is -0.435. The molecular formula is C22H29N4O2+. The van der Waals surface area contributed by atoms with Crippen LogP contribution in [0.2, 0.25) is 0 Å². The van der Waals surface area contributed by atoms with Gasteiger partial charge in [-0.1, -0.05) is 30.3 Å². The number of piperazine rings is 1. The van der Waals surface area contributed by atoms with Crippen LogP contribution in [0.1, 0.15) is 27.9 Å². The Hall–Kier alpha value is -2.86. The van der Waals surface area contributed by atoms with E-state index < -0.39 is 0 Å². The highest BCUT2D eigenvalue weighted by molar-refractivity contribution is 5.96. The number of aryl methyl sites for hydroxylation is 1. The molecule has 3 rings (SSSR count). The second-order valence-corrected chi connectivity index (χ2v) is 7.32. The van der Waals surface area contributed by atoms with Crippen molar-refractivity contribution in [1.29, 1.82) is 0 Å². The van der Waals surface area contributed by atoms with Crippen LogP contribution in [0, 0.1) is 13.8 Å². The smallest absolute Gasteiger partial charge is 0.269 e. The van der Waals surface area contributed by atoms with Gasteiger partial charge in [-0.2, -0.15) is 0 Å². The Balaban J connectivity index is 1.38. The van der Waals surface area contributed by atoms with Gasteiger partial charge >= 0.3 is 0 Å². The molecule has 1 fully saturated rings. The number of hydrazine groups is 1. The third kappa shape index (κ3) is 5.10. The Morgan fingerprint density at radius 2 is 1.68 bits per heavy atom. The molecule has 0 aliphatic carbocycles. The van der Waals surface area contributed by atoms with Gasteiger partial charge < -0.3 is 9.80 Å². The van der Waals surface area contributed by atoms with E-state index in [1.54, 1.807) is 6.07 Å². The predicted molar refractivity (Wildman–Crippen MR) is 110 cm³/mol. The van der Waals surface area contributed by atoms with Gasteiger partial charge in [-0.15, -0.1) is 0 Å². The lowest BCUT2D eigenvalue weighted by Crippen LogP contribution is -3.15. The summed E-state index contributed by atoms with van der Waals surface area (Å²) in [4.78, 5) is 28.2. The predicted octanol–water partition coefficient (Wildman–Crippen LogP) is 0.860. The zero-order valence-electron chi connectivity index (χ0n) is 16.6. The van der Waals surface area contributed by atoms with Crippen molar-refractivity contribution in [3.63, 3.8) is 0 Å². The molecule has 1 aliphatic rings. The standard InChI is InChI=1S/C22H28N4O2/c1-17-7-6-10-20(18(17)2)22(28)24-23-21(27)11-12-25-13-15-26(16-14-25)19-8-4-3-5-9-19/h3-10H,11-16H2,1-2H3,(H,23,27)(H,24,28)/p+1. The molecule has 6 nitrogen and oxygen atoms in total. The molecular weight excluding hydrogens is 352 g/mol. The van der Waals surface area contributed by atoms with Gasteiger partial charge in [-0.25, -0.2) is 0 Å². The first-order valence-electron chi connectivity index (χ1n) is 9.83. The molecule has 1 heterocycles. The van der Waals surface area contributed by atoms with Crippen molar-refractivity contribution in [3.05, 3.63) is 65.2 Å². The van der Waals surface area contributed by atoms with Gasteiger partial charge in [0, 0.05) is 11.3 Å². The van der Waals surface area contributed by atoms with Gasteiger partial charge in [0.15, 0.2) is 0 Å². The molecule has 148 valence electrons. The Labute approximate surface area is 166 Å². The monoisotopic (exact) mass is 381 g/mol. The number of hydrogen-bond donors (Lipinski definition) is 3. The minimum Gasteiger partial charge on any atom is -0.360 e. The first kappa shape index (κ1) is 19.9. The first-order chi connectivity index (χ1) is 13.5. The van der Waals surface area contributed by atoms with Crippen LogP contribution >= 0.6 is 0 Å². The fourth-order valence-electron chi connectivity index (χ4n) is 3.51. The lowest BCUT2D eigenvalue weighted by Gasteiger charge is -2.33. The van der Waals surface area contributed by atoms with Crippen LogP contribution in [0.15, 0.2) is 48.5 Å². The Bertz CT molecular complexity index is 815. The second kappa shape index (κ2) is 9.37. The van der Waals surface area contributed by atoms with Crippen LogP contribution < -0.4 is 20.7 Å². The molecule has 28 heavy (non-hydrogen) atoms. The number of nitrogens with one attached hydrogen (secondary N) is 3. The summed E-state index contributed by atoms with van der Waals surface area (Å²) in [5, 5.41) is 0. The van der Waals surface area contributed by atoms with Crippen molar-refractivity contribution >= 4 is 17.5 Å². The number of amides is 2. The summed E-state index contributed by atoms with van der Waals surface area (Å²) < 4.78 is 0. The fourth-order valence-corrected chi connectivity index (χ4v) is 3.51. The summed E-state index contributed by atoms with van der Waals surface area (Å²) in [6, 6.07) is 16.0. The van der Waals surface area contributed by atoms with E-state index in [9.17, 15) is 9.59 Å². The average Bonchev–Trinajstić information content (AvgIpc) is 2.73. The lowest BCUT2D eigenvalue weighted by molar-refractivity contribution is -0.900. The van der Waals surface area contributed by atoms with E-state index in [0.29, 0.717) is 12.0 Å². The molecule has 0 atom stereocenters. The highest BCUT2D eigenvalue weighted by atomic mass is 16.2.